The smallest absolute Gasteiger partial charge is 0.356 e. The lowest BCUT2D eigenvalue weighted by Gasteiger charge is -1.89. The number of halogens is 4. The Labute approximate surface area is 88.6 Å². The first-order chi connectivity index (χ1) is 6.54. The van der Waals surface area contributed by atoms with Crippen LogP contribution in [0.4, 0.5) is 13.2 Å². The second-order valence-electron chi connectivity index (χ2n) is 2.28. The van der Waals surface area contributed by atoms with Crippen LogP contribution in [0.5, 0.6) is 0 Å². The summed E-state index contributed by atoms with van der Waals surface area (Å²) in [6, 6.07) is 8.20. The summed E-state index contributed by atoms with van der Waals surface area (Å²) < 4.78 is 35.9. The summed E-state index contributed by atoms with van der Waals surface area (Å²) in [5.41, 5.74) is 8.22. The van der Waals surface area contributed by atoms with Gasteiger partial charge in [-0.15, -0.1) is 4.79 Å². The molecular weight excluding hydrogens is 308 g/mol. The van der Waals surface area contributed by atoms with Gasteiger partial charge >= 0.3 is 31.1 Å². The highest BCUT2D eigenvalue weighted by atomic mass is 127. The Morgan fingerprint density at radius 2 is 1.79 bits per heavy atom. The van der Waals surface area contributed by atoms with Crippen molar-refractivity contribution in [3.8, 4) is 0 Å². The zero-order valence-corrected chi connectivity index (χ0v) is 8.95. The molecule has 0 radical (unpaired) electrons. The maximum atomic E-state index is 12.1. The summed E-state index contributed by atoms with van der Waals surface area (Å²) >= 11 is -1.45. The molecule has 0 spiro atoms. The lowest BCUT2D eigenvalue weighted by atomic mass is 10.4. The largest absolute Gasteiger partial charge is 0.599 e. The fourth-order valence-electron chi connectivity index (χ4n) is 0.710. The molecule has 0 saturated carbocycles. The predicted molar refractivity (Wildman–Crippen MR) is 39.8 cm³/mol. The van der Waals surface area contributed by atoms with Gasteiger partial charge in [-0.1, -0.05) is 18.2 Å². The zero-order valence-electron chi connectivity index (χ0n) is 6.79. The Bertz CT molecular complexity index is 355. The molecule has 0 aliphatic rings. The average Bonchev–Trinajstić information content (AvgIpc) is 2.14. The first kappa shape index (κ1) is 11.2. The van der Waals surface area contributed by atoms with E-state index in [0.29, 0.717) is 3.57 Å². The Morgan fingerprint density at radius 1 is 1.21 bits per heavy atom. The van der Waals surface area contributed by atoms with Gasteiger partial charge in [0.25, 0.3) is 0 Å². The van der Waals surface area contributed by atoms with Crippen LogP contribution in [0.2, 0.25) is 0 Å². The third kappa shape index (κ3) is 3.12. The highest BCUT2D eigenvalue weighted by molar-refractivity contribution is 5.72. The van der Waals surface area contributed by atoms with Crippen molar-refractivity contribution in [2.75, 3.05) is 0 Å². The number of hydrogen-bond donors (Lipinski definition) is 0. The first-order valence-corrected chi connectivity index (χ1v) is 5.69. The van der Waals surface area contributed by atoms with E-state index in [4.69, 9.17) is 5.53 Å². The van der Waals surface area contributed by atoms with E-state index in [-0.39, 0.29) is 0 Å². The normalized spacial score (nSPS) is 10.8. The molecule has 1 aromatic carbocycles. The molecular formula is C8H5F3IN2+. The minimum Gasteiger partial charge on any atom is -0.356 e. The number of nitrogens with zero attached hydrogens (tertiary/aromatic N) is 2. The molecule has 2 nitrogen and oxygen atoms in total. The summed E-state index contributed by atoms with van der Waals surface area (Å²) in [7, 11) is 0. The molecule has 0 amide bonds. The van der Waals surface area contributed by atoms with Crippen molar-refractivity contribution in [1.82, 2.24) is 0 Å². The third-order valence-electron chi connectivity index (χ3n) is 1.25. The Morgan fingerprint density at radius 3 is 2.21 bits per heavy atom. The van der Waals surface area contributed by atoms with Crippen molar-refractivity contribution in [3.63, 3.8) is 0 Å². The Balaban J connectivity index is 2.84. The third-order valence-corrected chi connectivity index (χ3v) is 3.93. The molecule has 74 valence electrons. The second-order valence-corrected chi connectivity index (χ2v) is 5.09. The molecule has 0 atom stereocenters. The highest BCUT2D eigenvalue weighted by Gasteiger charge is 2.56. The maximum Gasteiger partial charge on any atom is 0.599 e. The van der Waals surface area contributed by atoms with Gasteiger partial charge in [-0.05, 0) is 12.1 Å². The molecule has 0 aliphatic heterocycles. The molecule has 1 rings (SSSR count). The van der Waals surface area contributed by atoms with E-state index in [1.807, 2.05) is 0 Å². The SMILES string of the molecule is [N-]=[N+]=C([I+]c1ccccc1)C(F)(F)F. The van der Waals surface area contributed by atoms with Gasteiger partial charge in [0, 0.05) is 0 Å². The lowest BCUT2D eigenvalue weighted by molar-refractivity contribution is -0.545. The van der Waals surface area contributed by atoms with Crippen LogP contribution in [0.3, 0.4) is 0 Å². The van der Waals surface area contributed by atoms with Crippen molar-refractivity contribution >= 4 is 3.72 Å². The van der Waals surface area contributed by atoms with Crippen molar-refractivity contribution in [2.24, 2.45) is 0 Å². The van der Waals surface area contributed by atoms with Crippen LogP contribution in [0.15, 0.2) is 30.3 Å². The molecule has 0 fully saturated rings. The van der Waals surface area contributed by atoms with Crippen LogP contribution in [0.25, 0.3) is 5.53 Å². The van der Waals surface area contributed by atoms with Gasteiger partial charge in [-0.3, -0.25) is 0 Å². The lowest BCUT2D eigenvalue weighted by Crippen LogP contribution is -3.65. The van der Waals surface area contributed by atoms with E-state index >= 15 is 0 Å². The fourth-order valence-corrected chi connectivity index (χ4v) is 2.49. The summed E-state index contributed by atoms with van der Waals surface area (Å²) in [4.78, 5) is 2.30. The Kier molecular flexibility index (Phi) is 3.65. The van der Waals surface area contributed by atoms with Crippen LogP contribution in [-0.2, 0) is 0 Å². The standard InChI is InChI=1S/C8H5F3IN2/c9-8(10,11)7(14-13)12-6-4-2-1-3-5-6/h1-5H/q+1. The fraction of sp³-hybridized carbons (Fsp3) is 0.125. The van der Waals surface area contributed by atoms with Crippen molar-refractivity contribution in [1.29, 1.82) is 0 Å². The van der Waals surface area contributed by atoms with Gasteiger partial charge in [0.15, 0.2) is 0 Å². The van der Waals surface area contributed by atoms with Crippen LogP contribution in [0.1, 0.15) is 0 Å². The van der Waals surface area contributed by atoms with Crippen molar-refractivity contribution in [2.45, 2.75) is 6.18 Å². The Hall–Kier alpha value is -0.880. The van der Waals surface area contributed by atoms with Crippen LogP contribution in [0, 0.1) is 3.57 Å². The van der Waals surface area contributed by atoms with E-state index in [1.165, 1.54) is 0 Å². The number of hydrogen-bond acceptors (Lipinski definition) is 0. The van der Waals surface area contributed by atoms with E-state index < -0.39 is 31.1 Å². The molecule has 0 aromatic heterocycles. The second kappa shape index (κ2) is 4.56. The van der Waals surface area contributed by atoms with Gasteiger partial charge in [0.1, 0.15) is 0 Å². The minimum absolute atomic E-state index is 0.566. The minimum atomic E-state index is -4.53. The van der Waals surface area contributed by atoms with Gasteiger partial charge in [-0.2, -0.15) is 13.2 Å². The van der Waals surface area contributed by atoms with Crippen LogP contribution < -0.4 is 21.2 Å². The molecule has 1 aromatic rings. The summed E-state index contributed by atoms with van der Waals surface area (Å²) in [5, 5.41) is 0. The molecule has 0 bridgehead atoms. The van der Waals surface area contributed by atoms with E-state index in [1.54, 1.807) is 30.3 Å². The molecule has 6 heteroatoms. The molecule has 0 unspecified atom stereocenters. The molecule has 14 heavy (non-hydrogen) atoms. The number of benzene rings is 1. The summed E-state index contributed by atoms with van der Waals surface area (Å²) in [6.07, 6.45) is -4.53. The maximum absolute atomic E-state index is 12.1. The van der Waals surface area contributed by atoms with Crippen LogP contribution >= 0.6 is 0 Å². The van der Waals surface area contributed by atoms with Crippen LogP contribution in [-0.4, -0.2) is 14.7 Å². The van der Waals surface area contributed by atoms with Crippen molar-refractivity contribution < 1.29 is 39.2 Å². The zero-order chi connectivity index (χ0) is 10.6. The molecule has 0 aliphatic carbocycles. The van der Waals surface area contributed by atoms with E-state index in [9.17, 15) is 13.2 Å². The topological polar surface area (TPSA) is 36.4 Å². The molecule has 0 saturated heterocycles. The summed E-state index contributed by atoms with van der Waals surface area (Å²) in [6.45, 7) is 0. The predicted octanol–water partition coefficient (Wildman–Crippen LogP) is -0.864. The first-order valence-electron chi connectivity index (χ1n) is 3.53. The quantitative estimate of drug-likeness (QED) is 0.295. The van der Waals surface area contributed by atoms with Crippen molar-refractivity contribution in [3.05, 3.63) is 39.4 Å². The molecule has 0 heterocycles. The van der Waals surface area contributed by atoms with Gasteiger partial charge in [0.05, 0.1) is 0 Å². The van der Waals surface area contributed by atoms with Gasteiger partial charge in [0.2, 0.25) is 3.57 Å². The average molecular weight is 313 g/mol. The van der Waals surface area contributed by atoms with Gasteiger partial charge < -0.3 is 5.53 Å². The monoisotopic (exact) mass is 313 g/mol. The molecule has 0 N–H and O–H groups in total. The van der Waals surface area contributed by atoms with E-state index in [2.05, 4.69) is 4.79 Å². The summed E-state index contributed by atoms with van der Waals surface area (Å²) in [5.74, 6) is 0. The highest BCUT2D eigenvalue weighted by Crippen LogP contribution is 2.11. The van der Waals surface area contributed by atoms with E-state index in [0.717, 1.165) is 0 Å². The number of alkyl halides is 3. The van der Waals surface area contributed by atoms with Gasteiger partial charge in [-0.25, -0.2) is 0 Å². The number of rotatable bonds is 2.